The third kappa shape index (κ3) is 3.43. The predicted molar refractivity (Wildman–Crippen MR) is 83.7 cm³/mol. The SMILES string of the molecule is Cc1cc(C[C@H](C)NC(=O)N2CCOC3(CCCC3)C2)n[nH]1. The molecule has 2 N–H and O–H groups in total. The lowest BCUT2D eigenvalue weighted by molar-refractivity contribution is -0.0927. The highest BCUT2D eigenvalue weighted by Gasteiger charge is 2.40. The summed E-state index contributed by atoms with van der Waals surface area (Å²) < 4.78 is 5.97. The number of nitrogens with one attached hydrogen (secondary N) is 2. The van der Waals surface area contributed by atoms with Crippen molar-refractivity contribution in [3.8, 4) is 0 Å². The second-order valence-corrected chi connectivity index (χ2v) is 6.76. The number of hydrogen-bond donors (Lipinski definition) is 2. The standard InChI is InChI=1S/C16H26N4O2/c1-12(9-14-10-13(2)18-19-14)17-15(21)20-7-8-22-16(11-20)5-3-4-6-16/h10,12H,3-9,11H2,1-2H3,(H,17,21)(H,18,19)/t12-/m0/s1. The Balaban J connectivity index is 1.52. The molecule has 1 aromatic heterocycles. The fraction of sp³-hybridized carbons (Fsp3) is 0.750. The van der Waals surface area contributed by atoms with Gasteiger partial charge in [0.05, 0.1) is 24.4 Å². The first kappa shape index (κ1) is 15.3. The molecule has 0 aromatic carbocycles. The topological polar surface area (TPSA) is 70.2 Å². The number of rotatable bonds is 3. The number of nitrogens with zero attached hydrogens (tertiary/aromatic N) is 2. The molecule has 1 atom stereocenters. The Morgan fingerprint density at radius 2 is 2.32 bits per heavy atom. The lowest BCUT2D eigenvalue weighted by Crippen LogP contribution is -2.56. The number of aromatic nitrogens is 2. The van der Waals surface area contributed by atoms with Crippen molar-refractivity contribution in [1.82, 2.24) is 20.4 Å². The summed E-state index contributed by atoms with van der Waals surface area (Å²) >= 11 is 0. The average Bonchev–Trinajstić information content (AvgIpc) is 3.08. The fourth-order valence-electron chi connectivity index (χ4n) is 3.59. The van der Waals surface area contributed by atoms with Gasteiger partial charge in [0, 0.05) is 24.7 Å². The molecule has 0 unspecified atom stereocenters. The molecule has 3 rings (SSSR count). The maximum atomic E-state index is 12.5. The summed E-state index contributed by atoms with van der Waals surface area (Å²) in [5, 5.41) is 10.2. The number of amides is 2. The Bertz CT molecular complexity index is 522. The molecular formula is C16H26N4O2. The third-order valence-corrected chi connectivity index (χ3v) is 4.69. The van der Waals surface area contributed by atoms with E-state index in [2.05, 4.69) is 15.5 Å². The van der Waals surface area contributed by atoms with Gasteiger partial charge in [0.2, 0.25) is 0 Å². The smallest absolute Gasteiger partial charge is 0.317 e. The van der Waals surface area contributed by atoms with Crippen molar-refractivity contribution in [3.63, 3.8) is 0 Å². The Morgan fingerprint density at radius 3 is 3.00 bits per heavy atom. The quantitative estimate of drug-likeness (QED) is 0.897. The van der Waals surface area contributed by atoms with E-state index in [0.717, 1.165) is 37.2 Å². The number of carbonyl (C=O) groups excluding carboxylic acids is 1. The summed E-state index contributed by atoms with van der Waals surface area (Å²) in [7, 11) is 0. The summed E-state index contributed by atoms with van der Waals surface area (Å²) in [4.78, 5) is 14.4. The number of aryl methyl sites for hydroxylation is 1. The fourth-order valence-corrected chi connectivity index (χ4v) is 3.59. The summed E-state index contributed by atoms with van der Waals surface area (Å²) in [5.74, 6) is 0. The molecule has 1 aromatic rings. The van der Waals surface area contributed by atoms with Crippen LogP contribution in [0.5, 0.6) is 0 Å². The van der Waals surface area contributed by atoms with Gasteiger partial charge in [-0.15, -0.1) is 0 Å². The zero-order valence-electron chi connectivity index (χ0n) is 13.5. The molecule has 2 amide bonds. The summed E-state index contributed by atoms with van der Waals surface area (Å²) in [6, 6.07) is 2.11. The Labute approximate surface area is 131 Å². The first-order valence-corrected chi connectivity index (χ1v) is 8.27. The van der Waals surface area contributed by atoms with E-state index >= 15 is 0 Å². The van der Waals surface area contributed by atoms with Crippen molar-refractivity contribution in [2.24, 2.45) is 0 Å². The van der Waals surface area contributed by atoms with Crippen molar-refractivity contribution < 1.29 is 9.53 Å². The molecule has 0 radical (unpaired) electrons. The Hall–Kier alpha value is -1.56. The summed E-state index contributed by atoms with van der Waals surface area (Å²) in [6.45, 7) is 6.07. The van der Waals surface area contributed by atoms with Crippen molar-refractivity contribution in [1.29, 1.82) is 0 Å². The molecule has 1 aliphatic carbocycles. The summed E-state index contributed by atoms with van der Waals surface area (Å²) in [5.41, 5.74) is 1.96. The van der Waals surface area contributed by atoms with E-state index in [1.165, 1.54) is 12.8 Å². The molecule has 6 heteroatoms. The van der Waals surface area contributed by atoms with Crippen LogP contribution in [0.2, 0.25) is 0 Å². The normalized spacial score (nSPS) is 22.0. The zero-order chi connectivity index (χ0) is 15.6. The first-order chi connectivity index (χ1) is 10.6. The van der Waals surface area contributed by atoms with Crippen molar-refractivity contribution >= 4 is 6.03 Å². The molecule has 1 aliphatic heterocycles. The molecule has 6 nitrogen and oxygen atoms in total. The van der Waals surface area contributed by atoms with E-state index < -0.39 is 0 Å². The van der Waals surface area contributed by atoms with Crippen molar-refractivity contribution in [2.45, 2.75) is 57.6 Å². The third-order valence-electron chi connectivity index (χ3n) is 4.69. The van der Waals surface area contributed by atoms with Crippen LogP contribution >= 0.6 is 0 Å². The molecule has 1 saturated carbocycles. The monoisotopic (exact) mass is 306 g/mol. The molecule has 0 bridgehead atoms. The van der Waals surface area contributed by atoms with E-state index in [1.54, 1.807) is 0 Å². The molecule has 2 aliphatic rings. The van der Waals surface area contributed by atoms with Gasteiger partial charge in [-0.1, -0.05) is 12.8 Å². The van der Waals surface area contributed by atoms with Crippen LogP contribution in [-0.4, -0.2) is 52.5 Å². The van der Waals surface area contributed by atoms with Crippen molar-refractivity contribution in [2.75, 3.05) is 19.7 Å². The molecule has 2 heterocycles. The number of aromatic amines is 1. The van der Waals surface area contributed by atoms with E-state index in [4.69, 9.17) is 4.74 Å². The highest BCUT2D eigenvalue weighted by Crippen LogP contribution is 2.35. The van der Waals surface area contributed by atoms with Gasteiger partial charge in [0.25, 0.3) is 0 Å². The minimum Gasteiger partial charge on any atom is -0.371 e. The maximum Gasteiger partial charge on any atom is 0.317 e. The van der Waals surface area contributed by atoms with E-state index in [0.29, 0.717) is 13.2 Å². The second-order valence-electron chi connectivity index (χ2n) is 6.76. The van der Waals surface area contributed by atoms with Crippen LogP contribution in [0.25, 0.3) is 0 Å². The van der Waals surface area contributed by atoms with Gasteiger partial charge in [-0.3, -0.25) is 5.10 Å². The van der Waals surface area contributed by atoms with Crippen LogP contribution in [0, 0.1) is 6.92 Å². The molecule has 22 heavy (non-hydrogen) atoms. The first-order valence-electron chi connectivity index (χ1n) is 8.27. The maximum absolute atomic E-state index is 12.5. The molecule has 1 spiro atoms. The van der Waals surface area contributed by atoms with Gasteiger partial charge in [-0.05, 0) is 32.8 Å². The van der Waals surface area contributed by atoms with E-state index in [-0.39, 0.29) is 17.7 Å². The van der Waals surface area contributed by atoms with Crippen LogP contribution in [0.1, 0.15) is 44.0 Å². The number of hydrogen-bond acceptors (Lipinski definition) is 3. The minimum absolute atomic E-state index is 0.0225. The number of H-pyrrole nitrogens is 1. The average molecular weight is 306 g/mol. The molecule has 2 fully saturated rings. The van der Waals surface area contributed by atoms with Gasteiger partial charge in [-0.25, -0.2) is 4.79 Å². The molecular weight excluding hydrogens is 280 g/mol. The largest absolute Gasteiger partial charge is 0.371 e. The van der Waals surface area contributed by atoms with Crippen LogP contribution in [0.3, 0.4) is 0 Å². The van der Waals surface area contributed by atoms with Gasteiger partial charge in [-0.2, -0.15) is 5.10 Å². The molecule has 1 saturated heterocycles. The highest BCUT2D eigenvalue weighted by atomic mass is 16.5. The highest BCUT2D eigenvalue weighted by molar-refractivity contribution is 5.74. The lowest BCUT2D eigenvalue weighted by atomic mass is 10.00. The van der Waals surface area contributed by atoms with Crippen LogP contribution in [0.4, 0.5) is 4.79 Å². The van der Waals surface area contributed by atoms with Gasteiger partial charge in [0.1, 0.15) is 0 Å². The number of carbonyl (C=O) groups is 1. The van der Waals surface area contributed by atoms with Gasteiger partial charge in [0.15, 0.2) is 0 Å². The van der Waals surface area contributed by atoms with Crippen LogP contribution in [-0.2, 0) is 11.2 Å². The van der Waals surface area contributed by atoms with Gasteiger partial charge < -0.3 is 15.0 Å². The van der Waals surface area contributed by atoms with E-state index in [1.807, 2.05) is 24.8 Å². The summed E-state index contributed by atoms with van der Waals surface area (Å²) in [6.07, 6.45) is 5.33. The van der Waals surface area contributed by atoms with Gasteiger partial charge >= 0.3 is 6.03 Å². The van der Waals surface area contributed by atoms with Crippen LogP contribution in [0.15, 0.2) is 6.07 Å². The number of morpholine rings is 1. The Morgan fingerprint density at radius 1 is 1.55 bits per heavy atom. The Kier molecular flexibility index (Phi) is 4.38. The predicted octanol–water partition coefficient (Wildman–Crippen LogP) is 2.00. The molecule has 122 valence electrons. The lowest BCUT2D eigenvalue weighted by Gasteiger charge is -2.40. The second kappa shape index (κ2) is 6.28. The van der Waals surface area contributed by atoms with E-state index in [9.17, 15) is 4.79 Å². The minimum atomic E-state index is -0.0713. The van der Waals surface area contributed by atoms with Crippen molar-refractivity contribution in [3.05, 3.63) is 17.5 Å². The number of urea groups is 1. The number of ether oxygens (including phenoxy) is 1. The van der Waals surface area contributed by atoms with Crippen LogP contribution < -0.4 is 5.32 Å². The zero-order valence-corrected chi connectivity index (χ0v) is 13.5.